The number of aliphatic hydroxyl groups excluding tert-OH is 28. The summed E-state index contributed by atoms with van der Waals surface area (Å²) in [4.78, 5) is 38.7. The number of hydrogen-bond acceptors (Lipinski definition) is 50. The van der Waals surface area contributed by atoms with Crippen LogP contribution in [-0.4, -0.2) is 527 Å². The van der Waals surface area contributed by atoms with E-state index in [0.29, 0.717) is 0 Å². The fraction of sp³-hybridized carbons (Fsp3) is 0.955. The molecule has 0 aromatic heterocycles. The van der Waals surface area contributed by atoms with Crippen molar-refractivity contribution in [3.63, 3.8) is 0 Å². The molecule has 690 valence electrons. The van der Waals surface area contributed by atoms with Crippen LogP contribution in [0.2, 0.25) is 0 Å². The van der Waals surface area contributed by atoms with Gasteiger partial charge in [-0.15, -0.1) is 0 Å². The van der Waals surface area contributed by atoms with Crippen LogP contribution in [0.5, 0.6) is 0 Å². The van der Waals surface area contributed by atoms with Crippen molar-refractivity contribution in [3.8, 4) is 0 Å². The van der Waals surface area contributed by atoms with Gasteiger partial charge in [0.15, 0.2) is 62.9 Å². The predicted octanol–water partition coefficient (Wildman–Crippen LogP) is -21.3. The summed E-state index contributed by atoms with van der Waals surface area (Å²) in [6.45, 7) is -5.57. The molecule has 0 radical (unpaired) electrons. The predicted molar refractivity (Wildman–Crippen MR) is 363 cm³/mol. The number of carbonyl (C=O) groups is 3. The quantitative estimate of drug-likeness (QED) is 0.0318. The van der Waals surface area contributed by atoms with E-state index < -0.39 is 384 Å². The minimum absolute atomic E-state index is 0.845. The van der Waals surface area contributed by atoms with Crippen molar-refractivity contribution < 1.29 is 247 Å². The molecule has 50 atom stereocenters. The number of ether oxygens (including phenoxy) is 19. The van der Waals surface area contributed by atoms with Gasteiger partial charge in [0, 0.05) is 20.8 Å². The summed E-state index contributed by atoms with van der Waals surface area (Å²) in [7, 11) is 0. The van der Waals surface area contributed by atoms with Gasteiger partial charge in [0.2, 0.25) is 17.7 Å². The Labute approximate surface area is 673 Å². The van der Waals surface area contributed by atoms with Crippen LogP contribution in [0, 0.1) is 0 Å². The number of amides is 3. The molecule has 3 amide bonds. The largest absolute Gasteiger partial charge is 0.394 e. The molecule has 0 unspecified atom stereocenters. The van der Waals surface area contributed by atoms with Gasteiger partial charge in [0.05, 0.1) is 65.6 Å². The van der Waals surface area contributed by atoms with E-state index in [2.05, 4.69) is 16.0 Å². The molecule has 119 heavy (non-hydrogen) atoms. The maximum Gasteiger partial charge on any atom is 0.217 e. The van der Waals surface area contributed by atoms with Crippen LogP contribution < -0.4 is 16.0 Å². The van der Waals surface area contributed by atoms with E-state index >= 15 is 0 Å². The van der Waals surface area contributed by atoms with E-state index in [1.54, 1.807) is 0 Å². The number of aliphatic hydroxyl groups is 28. The van der Waals surface area contributed by atoms with Gasteiger partial charge in [-0.1, -0.05) is 0 Å². The number of nitrogens with one attached hydrogen (secondary N) is 3. The van der Waals surface area contributed by atoms with Crippen molar-refractivity contribution >= 4 is 17.7 Å². The Bertz CT molecular complexity index is 3160. The summed E-state index contributed by atoms with van der Waals surface area (Å²) in [6, 6.07) is -5.76. The SMILES string of the molecule is CC(=O)N[C@@H]1[C@@H](O)[C@H](O[C@@H]2O[C@H](CO)[C@@H](O[C@@H]3O[C@H](CO[C@H]4O[C@H](CO[C@H]5O[C@H](CO)[C@@H](O)[C@H](O)[C@@H]5O)[C@@H](O)[C@H](O[C@H]5O[C@H](CO)[C@@H](O)[C@H](O)[C@@H]5O)[C@@H]4O)[C@@H](O)[C@H](O[C@H]4O[C@H](CO)[C@@H](O)[C@H](O)[C@@H]4O[C@@H]4O[C@H](CO)[C@@H](O[C@@H]5O[C@H](CO)[C@H](O)[C@H](O)[C@H]5O)[C@H](O)[C@H]4NC(C)=O)[C@@H]3O)[C@H](O)[C@H]2NC(C)=O)[C@@H](CO[C@H]2O[C@H](C)[C@H](O)[C@H](O)[C@H]2O)O[C@H]1O. The van der Waals surface area contributed by atoms with Crippen LogP contribution in [0.3, 0.4) is 0 Å². The Balaban J connectivity index is 0.985. The molecule has 10 aliphatic rings. The monoisotopic (exact) mass is 1750 g/mol. The molecule has 0 aromatic carbocycles. The average molecular weight is 1750 g/mol. The Kier molecular flexibility index (Phi) is 34.8. The first-order chi connectivity index (χ1) is 56.2. The zero-order valence-electron chi connectivity index (χ0n) is 63.7. The van der Waals surface area contributed by atoms with Gasteiger partial charge >= 0.3 is 0 Å². The van der Waals surface area contributed by atoms with Crippen LogP contribution in [0.1, 0.15) is 27.7 Å². The van der Waals surface area contributed by atoms with Gasteiger partial charge in [-0.05, 0) is 6.92 Å². The maximum atomic E-state index is 13.2. The number of carbonyl (C=O) groups excluding carboxylic acids is 3. The Morgan fingerprint density at radius 3 is 0.924 bits per heavy atom. The molecule has 53 heteroatoms. The van der Waals surface area contributed by atoms with Crippen molar-refractivity contribution in [2.24, 2.45) is 0 Å². The summed E-state index contributed by atoms with van der Waals surface area (Å²) in [5.74, 6) is -2.81. The third kappa shape index (κ3) is 21.5. The van der Waals surface area contributed by atoms with E-state index in [0.717, 1.165) is 20.8 Å². The van der Waals surface area contributed by atoms with Gasteiger partial charge in [0.25, 0.3) is 0 Å². The zero-order chi connectivity index (χ0) is 87.5. The lowest BCUT2D eigenvalue weighted by atomic mass is 9.93. The third-order valence-electron chi connectivity index (χ3n) is 22.0. The van der Waals surface area contributed by atoms with Crippen molar-refractivity contribution in [1.29, 1.82) is 0 Å². The Morgan fingerprint density at radius 1 is 0.235 bits per heavy atom. The number of hydrogen-bond donors (Lipinski definition) is 31. The minimum Gasteiger partial charge on any atom is -0.394 e. The molecule has 10 fully saturated rings. The van der Waals surface area contributed by atoms with Crippen molar-refractivity contribution in [1.82, 2.24) is 16.0 Å². The normalized spacial score (nSPS) is 50.7. The second-order valence-electron chi connectivity index (χ2n) is 30.3. The number of rotatable bonds is 30. The third-order valence-corrected chi connectivity index (χ3v) is 22.0. The van der Waals surface area contributed by atoms with E-state index in [9.17, 15) is 157 Å². The summed E-state index contributed by atoms with van der Waals surface area (Å²) < 4.78 is 112. The molecule has 10 rings (SSSR count). The first-order valence-electron chi connectivity index (χ1n) is 38.0. The highest BCUT2D eigenvalue weighted by atomic mass is 16.8. The minimum atomic E-state index is -2.63. The molecular weight excluding hydrogens is 1630 g/mol. The van der Waals surface area contributed by atoms with E-state index in [4.69, 9.17) is 90.0 Å². The fourth-order valence-corrected chi connectivity index (χ4v) is 15.3. The van der Waals surface area contributed by atoms with Crippen LogP contribution in [0.4, 0.5) is 0 Å². The van der Waals surface area contributed by atoms with Crippen LogP contribution in [-0.2, 0) is 104 Å². The van der Waals surface area contributed by atoms with Crippen molar-refractivity contribution in [2.45, 2.75) is 335 Å². The molecule has 0 bridgehead atoms. The second-order valence-corrected chi connectivity index (χ2v) is 30.3. The van der Waals surface area contributed by atoms with Gasteiger partial charge in [-0.25, -0.2) is 0 Å². The summed E-state index contributed by atoms with van der Waals surface area (Å²) in [6.07, 6.45) is -97.6. The smallest absolute Gasteiger partial charge is 0.217 e. The van der Waals surface area contributed by atoms with Crippen LogP contribution >= 0.6 is 0 Å². The standard InChI is InChI=1S/C66H111N3O50/c1-14-30(79)40(89)45(94)60(104-14)103-13-26-53(37(86)27(57(100)105-26)67-15(2)76)114-58-28(68-16(3)77)38(87)52(23(10-75)110-58)116-65-50(99)55(118-66-56(44(93)34(83)21(8-73)109-66)119-59-29(69-17(4)78)39(88)51(22(9-74)111-59)115-63-47(96)42(91)32(81)19(6-71)107-63)36(85)25(113-65)12-102-62-49(98)54(117-64-48(97)43(92)33(82)20(7-72)108-64)35(84)24(112-62)11-101-61-46(95)41(90)31(80)18(5-70)106-61/h14,18-66,70-75,79-100H,5-13H2,1-4H3,(H,67,76)(H,68,77)(H,69,78)/t14-,18-,19-,20-,21-,22-,23-,24-,25-,26-,27-,28-,29-,30+,31-,32+,33-,34-,35-,36-,37-,38-,39-,40+,41+,42+,43+,44+,45-,46+,47-,48+,49+,50+,51-,52-,53-,54+,55+,56+,57-,58+,59+,60+,61+,62+,63+,64-,65+,66-/m1/s1. The maximum absolute atomic E-state index is 13.2. The topological polar surface area (TPSA) is 829 Å². The van der Waals surface area contributed by atoms with Gasteiger partial charge in [0.1, 0.15) is 238 Å². The lowest BCUT2D eigenvalue weighted by molar-refractivity contribution is -0.398. The molecule has 0 aliphatic carbocycles. The summed E-state index contributed by atoms with van der Waals surface area (Å²) in [5, 5.41) is 318. The molecule has 53 nitrogen and oxygen atoms in total. The Hall–Kier alpha value is -3.47. The molecule has 31 N–H and O–H groups in total. The molecule has 10 saturated heterocycles. The molecule has 10 heterocycles. The van der Waals surface area contributed by atoms with E-state index in [1.807, 2.05) is 0 Å². The molecule has 10 aliphatic heterocycles. The van der Waals surface area contributed by atoms with E-state index in [-0.39, 0.29) is 0 Å². The van der Waals surface area contributed by atoms with Gasteiger partial charge < -0.3 is 249 Å². The highest BCUT2D eigenvalue weighted by Crippen LogP contribution is 2.40. The zero-order valence-corrected chi connectivity index (χ0v) is 63.7. The second kappa shape index (κ2) is 42.4. The highest BCUT2D eigenvalue weighted by molar-refractivity contribution is 5.74. The van der Waals surface area contributed by atoms with Crippen LogP contribution in [0.15, 0.2) is 0 Å². The Morgan fingerprint density at radius 2 is 0.504 bits per heavy atom. The van der Waals surface area contributed by atoms with Crippen molar-refractivity contribution in [2.75, 3.05) is 59.5 Å². The molecular formula is C66H111N3O50. The average Bonchev–Trinajstić information content (AvgIpc) is 0.772. The van der Waals surface area contributed by atoms with E-state index in [1.165, 1.54) is 6.92 Å². The highest BCUT2D eigenvalue weighted by Gasteiger charge is 2.61. The first-order valence-corrected chi connectivity index (χ1v) is 38.0. The van der Waals surface area contributed by atoms with Gasteiger partial charge in [-0.3, -0.25) is 14.4 Å². The van der Waals surface area contributed by atoms with Crippen molar-refractivity contribution in [3.05, 3.63) is 0 Å². The van der Waals surface area contributed by atoms with Gasteiger partial charge in [-0.2, -0.15) is 0 Å². The lowest BCUT2D eigenvalue weighted by Crippen LogP contribution is -2.71. The van der Waals surface area contributed by atoms with Crippen LogP contribution in [0.25, 0.3) is 0 Å². The summed E-state index contributed by atoms with van der Waals surface area (Å²) in [5.41, 5.74) is 0. The molecule has 0 saturated carbocycles. The summed E-state index contributed by atoms with van der Waals surface area (Å²) >= 11 is 0. The fourth-order valence-electron chi connectivity index (χ4n) is 15.3. The first kappa shape index (κ1) is 97.7. The molecule has 0 spiro atoms. The molecule has 0 aromatic rings. The lowest BCUT2D eigenvalue weighted by Gasteiger charge is -2.51.